The largest absolute Gasteiger partial charge is 0.493 e. The van der Waals surface area contributed by atoms with Gasteiger partial charge in [0.1, 0.15) is 0 Å². The molecule has 0 aliphatic rings. The molecular formula is C32H28N4O6. The number of rotatable bonds is 8. The standard InChI is InChI=1S/2C16H14N2O3/c2*1-19-13-10-6-9-12(14(13)20-2)16-17-15(18-21-16)11-7-4-3-5-8-11/h2*3-10H,1-2H3. The second-order valence-corrected chi connectivity index (χ2v) is 8.66. The Morgan fingerprint density at radius 3 is 1.21 bits per heavy atom. The first-order valence-electron chi connectivity index (χ1n) is 12.9. The minimum Gasteiger partial charge on any atom is -0.493 e. The molecule has 2 aromatic heterocycles. The smallest absolute Gasteiger partial charge is 0.262 e. The van der Waals surface area contributed by atoms with Crippen LogP contribution in [0.3, 0.4) is 0 Å². The van der Waals surface area contributed by atoms with E-state index in [0.29, 0.717) is 57.6 Å². The molecule has 0 N–H and O–H groups in total. The lowest BCUT2D eigenvalue weighted by Gasteiger charge is -2.09. The van der Waals surface area contributed by atoms with E-state index in [1.54, 1.807) is 28.4 Å². The Bertz CT molecular complexity index is 1610. The summed E-state index contributed by atoms with van der Waals surface area (Å²) in [5, 5.41) is 8.02. The van der Waals surface area contributed by atoms with Gasteiger partial charge in [-0.3, -0.25) is 0 Å². The monoisotopic (exact) mass is 564 g/mol. The number of hydrogen-bond acceptors (Lipinski definition) is 10. The van der Waals surface area contributed by atoms with E-state index < -0.39 is 0 Å². The number of aromatic nitrogens is 4. The summed E-state index contributed by atoms with van der Waals surface area (Å²) in [4.78, 5) is 8.84. The van der Waals surface area contributed by atoms with Gasteiger partial charge in [0.15, 0.2) is 23.0 Å². The number of para-hydroxylation sites is 2. The predicted molar refractivity (Wildman–Crippen MR) is 157 cm³/mol. The summed E-state index contributed by atoms with van der Waals surface area (Å²) < 4.78 is 32.0. The third-order valence-corrected chi connectivity index (χ3v) is 6.18. The zero-order valence-electron chi connectivity index (χ0n) is 23.5. The Hall–Kier alpha value is -5.64. The van der Waals surface area contributed by atoms with Crippen LogP contribution in [-0.2, 0) is 0 Å². The van der Waals surface area contributed by atoms with Crippen molar-refractivity contribution in [1.29, 1.82) is 0 Å². The first kappa shape index (κ1) is 27.9. The summed E-state index contributed by atoms with van der Waals surface area (Å²) in [6.45, 7) is 0. The Labute approximate surface area is 242 Å². The van der Waals surface area contributed by atoms with Gasteiger partial charge in [-0.1, -0.05) is 83.1 Å². The predicted octanol–water partition coefficient (Wildman–Crippen LogP) is 6.84. The number of nitrogens with zero attached hydrogens (tertiary/aromatic N) is 4. The Morgan fingerprint density at radius 1 is 0.452 bits per heavy atom. The number of ether oxygens (including phenoxy) is 4. The second-order valence-electron chi connectivity index (χ2n) is 8.66. The first-order valence-corrected chi connectivity index (χ1v) is 12.9. The van der Waals surface area contributed by atoms with Crippen LogP contribution in [0.25, 0.3) is 45.7 Å². The molecule has 10 heteroatoms. The van der Waals surface area contributed by atoms with Gasteiger partial charge in [0.05, 0.1) is 39.6 Å². The van der Waals surface area contributed by atoms with E-state index in [2.05, 4.69) is 20.3 Å². The highest BCUT2D eigenvalue weighted by atomic mass is 16.5. The summed E-state index contributed by atoms with van der Waals surface area (Å²) in [5.74, 6) is 4.25. The van der Waals surface area contributed by atoms with Gasteiger partial charge in [-0.2, -0.15) is 9.97 Å². The highest BCUT2D eigenvalue weighted by molar-refractivity contribution is 5.70. The first-order chi connectivity index (χ1) is 20.7. The summed E-state index contributed by atoms with van der Waals surface area (Å²) in [6, 6.07) is 30.3. The van der Waals surface area contributed by atoms with Gasteiger partial charge in [0.25, 0.3) is 11.8 Å². The molecule has 0 amide bonds. The molecule has 0 spiro atoms. The summed E-state index contributed by atoms with van der Waals surface area (Å²) in [5.41, 5.74) is 3.20. The molecule has 42 heavy (non-hydrogen) atoms. The molecule has 212 valence electrons. The Morgan fingerprint density at radius 2 is 0.857 bits per heavy atom. The van der Waals surface area contributed by atoms with Crippen molar-refractivity contribution in [2.75, 3.05) is 28.4 Å². The molecule has 0 aliphatic carbocycles. The Kier molecular flexibility index (Phi) is 8.73. The van der Waals surface area contributed by atoms with Gasteiger partial charge in [-0.15, -0.1) is 0 Å². The van der Waals surface area contributed by atoms with Crippen LogP contribution in [0.4, 0.5) is 0 Å². The zero-order chi connectivity index (χ0) is 29.3. The maximum atomic E-state index is 5.38. The number of methoxy groups -OCH3 is 4. The van der Waals surface area contributed by atoms with Crippen molar-refractivity contribution in [1.82, 2.24) is 20.3 Å². The maximum absolute atomic E-state index is 5.38. The van der Waals surface area contributed by atoms with Crippen molar-refractivity contribution in [2.45, 2.75) is 0 Å². The molecule has 0 aliphatic heterocycles. The van der Waals surface area contributed by atoms with Crippen molar-refractivity contribution in [3.8, 4) is 68.7 Å². The second kappa shape index (κ2) is 13.1. The average Bonchev–Trinajstić information content (AvgIpc) is 3.76. The molecule has 2 heterocycles. The molecule has 0 saturated carbocycles. The molecule has 0 saturated heterocycles. The van der Waals surface area contributed by atoms with Gasteiger partial charge in [0, 0.05) is 11.1 Å². The van der Waals surface area contributed by atoms with Crippen LogP contribution in [-0.4, -0.2) is 48.7 Å². The fourth-order valence-electron chi connectivity index (χ4n) is 4.19. The van der Waals surface area contributed by atoms with E-state index in [0.717, 1.165) is 11.1 Å². The molecule has 10 nitrogen and oxygen atoms in total. The van der Waals surface area contributed by atoms with E-state index >= 15 is 0 Å². The summed E-state index contributed by atoms with van der Waals surface area (Å²) >= 11 is 0. The molecule has 0 bridgehead atoms. The summed E-state index contributed by atoms with van der Waals surface area (Å²) in [7, 11) is 6.33. The third-order valence-electron chi connectivity index (χ3n) is 6.18. The van der Waals surface area contributed by atoms with Gasteiger partial charge in [-0.05, 0) is 24.3 Å². The van der Waals surface area contributed by atoms with Crippen molar-refractivity contribution in [3.63, 3.8) is 0 Å². The molecule has 0 atom stereocenters. The third kappa shape index (κ3) is 5.92. The fraction of sp³-hybridized carbons (Fsp3) is 0.125. The maximum Gasteiger partial charge on any atom is 0.262 e. The van der Waals surface area contributed by atoms with E-state index in [1.807, 2.05) is 97.1 Å². The lowest BCUT2D eigenvalue weighted by molar-refractivity contribution is 0.353. The minimum absolute atomic E-state index is 0.393. The lowest BCUT2D eigenvalue weighted by Crippen LogP contribution is -1.93. The van der Waals surface area contributed by atoms with Crippen molar-refractivity contribution < 1.29 is 28.0 Å². The normalized spacial score (nSPS) is 10.4. The van der Waals surface area contributed by atoms with Crippen LogP contribution < -0.4 is 18.9 Å². The molecule has 0 radical (unpaired) electrons. The van der Waals surface area contributed by atoms with Gasteiger partial charge >= 0.3 is 0 Å². The van der Waals surface area contributed by atoms with Gasteiger partial charge in [0.2, 0.25) is 11.6 Å². The van der Waals surface area contributed by atoms with E-state index in [1.165, 1.54) is 0 Å². The van der Waals surface area contributed by atoms with Crippen LogP contribution in [0.15, 0.2) is 106 Å². The highest BCUT2D eigenvalue weighted by Gasteiger charge is 2.19. The summed E-state index contributed by atoms with van der Waals surface area (Å²) in [6.07, 6.45) is 0. The molecule has 6 aromatic rings. The van der Waals surface area contributed by atoms with E-state index in [9.17, 15) is 0 Å². The molecular weight excluding hydrogens is 536 g/mol. The zero-order valence-corrected chi connectivity index (χ0v) is 23.5. The highest BCUT2D eigenvalue weighted by Crippen LogP contribution is 2.38. The average molecular weight is 565 g/mol. The quantitative estimate of drug-likeness (QED) is 0.195. The fourth-order valence-corrected chi connectivity index (χ4v) is 4.19. The molecule has 0 fully saturated rings. The van der Waals surface area contributed by atoms with Gasteiger partial charge in [-0.25, -0.2) is 0 Å². The van der Waals surface area contributed by atoms with Crippen LogP contribution in [0, 0.1) is 0 Å². The van der Waals surface area contributed by atoms with Crippen LogP contribution >= 0.6 is 0 Å². The molecule has 6 rings (SSSR count). The van der Waals surface area contributed by atoms with Gasteiger partial charge < -0.3 is 28.0 Å². The van der Waals surface area contributed by atoms with E-state index in [4.69, 9.17) is 28.0 Å². The number of hydrogen-bond donors (Lipinski definition) is 0. The Balaban J connectivity index is 0.000000168. The molecule has 0 unspecified atom stereocenters. The lowest BCUT2D eigenvalue weighted by atomic mass is 10.2. The van der Waals surface area contributed by atoms with Crippen molar-refractivity contribution in [2.24, 2.45) is 0 Å². The minimum atomic E-state index is 0.393. The number of benzene rings is 4. The van der Waals surface area contributed by atoms with Crippen LogP contribution in [0.1, 0.15) is 0 Å². The van der Waals surface area contributed by atoms with Crippen molar-refractivity contribution in [3.05, 3.63) is 97.1 Å². The van der Waals surface area contributed by atoms with Crippen molar-refractivity contribution >= 4 is 0 Å². The van der Waals surface area contributed by atoms with Crippen LogP contribution in [0.5, 0.6) is 23.0 Å². The topological polar surface area (TPSA) is 115 Å². The SMILES string of the molecule is COc1cccc(-c2nc(-c3ccccc3)no2)c1OC.COc1cccc(-c2nc(-c3ccccc3)no2)c1OC. The van der Waals surface area contributed by atoms with Crippen LogP contribution in [0.2, 0.25) is 0 Å². The molecule has 4 aromatic carbocycles. The van der Waals surface area contributed by atoms with E-state index in [-0.39, 0.29) is 0 Å².